The quantitative estimate of drug-likeness (QED) is 0.612. The zero-order valence-corrected chi connectivity index (χ0v) is 15.6. The third kappa shape index (κ3) is 3.93. The summed E-state index contributed by atoms with van der Waals surface area (Å²) < 4.78 is 11.7. The predicted octanol–water partition coefficient (Wildman–Crippen LogP) is 2.22. The maximum Gasteiger partial charge on any atom is 0.319 e. The smallest absolute Gasteiger partial charge is 0.319 e. The Balaban J connectivity index is 1.48. The first-order chi connectivity index (χ1) is 13.5. The van der Waals surface area contributed by atoms with Crippen LogP contribution in [0.15, 0.2) is 18.2 Å². The summed E-state index contributed by atoms with van der Waals surface area (Å²) in [4.78, 5) is 23.3. The minimum absolute atomic E-state index is 0.0788. The van der Waals surface area contributed by atoms with Crippen molar-refractivity contribution in [3.8, 4) is 5.75 Å². The van der Waals surface area contributed by atoms with Gasteiger partial charge in [-0.15, -0.1) is 0 Å². The van der Waals surface area contributed by atoms with Gasteiger partial charge in [0.2, 0.25) is 0 Å². The second-order valence-electron chi connectivity index (χ2n) is 7.83. The Hall–Kier alpha value is -2.32. The van der Waals surface area contributed by atoms with Crippen LogP contribution in [0.25, 0.3) is 0 Å². The van der Waals surface area contributed by atoms with Crippen LogP contribution in [-0.2, 0) is 9.53 Å². The van der Waals surface area contributed by atoms with Gasteiger partial charge in [0.1, 0.15) is 18.0 Å². The third-order valence-corrected chi connectivity index (χ3v) is 5.85. The molecule has 1 saturated carbocycles. The zero-order chi connectivity index (χ0) is 19.7. The summed E-state index contributed by atoms with van der Waals surface area (Å²) in [6.45, 7) is -0.236. The monoisotopic (exact) mass is 390 g/mol. The average Bonchev–Trinajstić information content (AvgIpc) is 3.28. The Labute approximate surface area is 163 Å². The van der Waals surface area contributed by atoms with E-state index in [-0.39, 0.29) is 37.1 Å². The highest BCUT2D eigenvalue weighted by atomic mass is 16.6. The van der Waals surface area contributed by atoms with E-state index in [0.717, 1.165) is 31.2 Å². The van der Waals surface area contributed by atoms with E-state index in [1.807, 2.05) is 6.07 Å². The molecule has 8 heteroatoms. The van der Waals surface area contributed by atoms with E-state index >= 15 is 0 Å². The molecule has 3 aliphatic rings. The molecule has 1 aliphatic carbocycles. The van der Waals surface area contributed by atoms with Gasteiger partial charge < -0.3 is 30.3 Å². The van der Waals surface area contributed by atoms with Crippen molar-refractivity contribution in [2.75, 3.05) is 11.9 Å². The molecule has 28 heavy (non-hydrogen) atoms. The number of carboxylic acids is 1. The Morgan fingerprint density at radius 2 is 2.00 bits per heavy atom. The lowest BCUT2D eigenvalue weighted by atomic mass is 9.84. The van der Waals surface area contributed by atoms with Crippen molar-refractivity contribution in [3.63, 3.8) is 0 Å². The average molecular weight is 390 g/mol. The molecular formula is C20H26N2O6. The number of fused-ring (bicyclic) bond motifs is 3. The highest BCUT2D eigenvalue weighted by Crippen LogP contribution is 2.47. The number of anilines is 1. The number of carbonyl (C=O) groups excluding carboxylic acids is 1. The van der Waals surface area contributed by atoms with Crippen LogP contribution in [0.5, 0.6) is 5.75 Å². The van der Waals surface area contributed by atoms with Crippen molar-refractivity contribution < 1.29 is 29.3 Å². The van der Waals surface area contributed by atoms with Gasteiger partial charge in [-0.1, -0.05) is 12.8 Å². The first-order valence-electron chi connectivity index (χ1n) is 9.89. The van der Waals surface area contributed by atoms with Crippen LogP contribution in [0, 0.1) is 0 Å². The lowest BCUT2D eigenvalue weighted by molar-refractivity contribution is -0.153. The van der Waals surface area contributed by atoms with Crippen molar-refractivity contribution in [2.24, 2.45) is 0 Å². The van der Waals surface area contributed by atoms with Gasteiger partial charge in [0.25, 0.3) is 0 Å². The van der Waals surface area contributed by atoms with E-state index in [9.17, 15) is 14.7 Å². The highest BCUT2D eigenvalue weighted by molar-refractivity contribution is 5.89. The summed E-state index contributed by atoms with van der Waals surface area (Å²) in [5, 5.41) is 24.6. The van der Waals surface area contributed by atoms with E-state index < -0.39 is 18.2 Å². The van der Waals surface area contributed by atoms with Gasteiger partial charge in [-0.05, 0) is 37.5 Å². The topological polar surface area (TPSA) is 117 Å². The number of benzene rings is 1. The third-order valence-electron chi connectivity index (χ3n) is 5.85. The SMILES string of the molecule is O=C(O)C[C@H]1C[C@H]2c3cc(NC(=O)NC4CCCC4)ccc3O[C@H]2[C@@H](CO)O1. The molecule has 1 saturated heterocycles. The molecule has 0 unspecified atom stereocenters. The van der Waals surface area contributed by atoms with E-state index in [1.54, 1.807) is 12.1 Å². The van der Waals surface area contributed by atoms with Crippen molar-refractivity contribution >= 4 is 17.7 Å². The predicted molar refractivity (Wildman–Crippen MR) is 101 cm³/mol. The fraction of sp³-hybridized carbons (Fsp3) is 0.600. The molecule has 4 N–H and O–H groups in total. The van der Waals surface area contributed by atoms with Gasteiger partial charge in [0.15, 0.2) is 0 Å². The number of aliphatic hydroxyl groups is 1. The number of rotatable bonds is 5. The number of nitrogens with one attached hydrogen (secondary N) is 2. The Morgan fingerprint density at radius 3 is 2.71 bits per heavy atom. The van der Waals surface area contributed by atoms with Crippen molar-refractivity contribution in [3.05, 3.63) is 23.8 Å². The second-order valence-corrected chi connectivity index (χ2v) is 7.83. The molecule has 8 nitrogen and oxygen atoms in total. The summed E-state index contributed by atoms with van der Waals surface area (Å²) in [6, 6.07) is 5.49. The second kappa shape index (κ2) is 7.97. The molecule has 152 valence electrons. The molecule has 0 radical (unpaired) electrons. The van der Waals surface area contributed by atoms with Gasteiger partial charge in [-0.2, -0.15) is 0 Å². The largest absolute Gasteiger partial charge is 0.487 e. The summed E-state index contributed by atoms with van der Waals surface area (Å²) in [7, 11) is 0. The van der Waals surface area contributed by atoms with Crippen LogP contribution in [0.3, 0.4) is 0 Å². The van der Waals surface area contributed by atoms with Crippen LogP contribution in [-0.4, -0.2) is 53.2 Å². The molecule has 0 aromatic heterocycles. The van der Waals surface area contributed by atoms with Gasteiger partial charge in [-0.25, -0.2) is 4.79 Å². The van der Waals surface area contributed by atoms with E-state index in [4.69, 9.17) is 14.6 Å². The summed E-state index contributed by atoms with van der Waals surface area (Å²) >= 11 is 0. The number of carbonyl (C=O) groups is 2. The molecule has 2 amide bonds. The number of aliphatic hydroxyl groups excluding tert-OH is 1. The molecule has 0 spiro atoms. The molecule has 4 rings (SSSR count). The molecular weight excluding hydrogens is 364 g/mol. The number of amides is 2. The molecule has 1 aromatic carbocycles. The van der Waals surface area contributed by atoms with Gasteiger partial charge in [0, 0.05) is 23.2 Å². The molecule has 1 aromatic rings. The fourth-order valence-electron chi connectivity index (χ4n) is 4.58. The Kier molecular flexibility index (Phi) is 5.41. The standard InChI is InChI=1S/C20H26N2O6/c23-10-17-19-15(8-13(27-17)9-18(24)25)14-7-12(5-6-16(14)28-19)22-20(26)21-11-3-1-2-4-11/h5-7,11,13,15,17,19,23H,1-4,8-10H2,(H,24,25)(H2,21,22,26)/t13-,15+,17-,19-/m1/s1. The number of ether oxygens (including phenoxy) is 2. The molecule has 0 bridgehead atoms. The van der Waals surface area contributed by atoms with Crippen molar-refractivity contribution in [1.29, 1.82) is 0 Å². The maximum absolute atomic E-state index is 12.3. The Bertz CT molecular complexity index is 748. The summed E-state index contributed by atoms with van der Waals surface area (Å²) in [6.07, 6.45) is 3.31. The van der Waals surface area contributed by atoms with Gasteiger partial charge >= 0.3 is 12.0 Å². The first kappa shape index (κ1) is 19.0. The van der Waals surface area contributed by atoms with E-state index in [1.165, 1.54) is 0 Å². The lowest BCUT2D eigenvalue weighted by Gasteiger charge is -2.36. The zero-order valence-electron chi connectivity index (χ0n) is 15.6. The number of carboxylic acid groups (broad SMARTS) is 1. The van der Waals surface area contributed by atoms with Gasteiger partial charge in [-0.3, -0.25) is 4.79 Å². The number of hydrogen-bond donors (Lipinski definition) is 4. The Morgan fingerprint density at radius 1 is 1.21 bits per heavy atom. The number of hydrogen-bond acceptors (Lipinski definition) is 5. The minimum Gasteiger partial charge on any atom is -0.487 e. The number of aliphatic carboxylic acids is 1. The van der Waals surface area contributed by atoms with Crippen molar-refractivity contribution in [2.45, 2.75) is 68.8 Å². The molecule has 2 aliphatic heterocycles. The fourth-order valence-corrected chi connectivity index (χ4v) is 4.58. The number of urea groups is 1. The minimum atomic E-state index is -0.932. The highest BCUT2D eigenvalue weighted by Gasteiger charge is 2.46. The van der Waals surface area contributed by atoms with Crippen LogP contribution in [0.2, 0.25) is 0 Å². The van der Waals surface area contributed by atoms with E-state index in [2.05, 4.69) is 10.6 Å². The van der Waals surface area contributed by atoms with Crippen molar-refractivity contribution in [1.82, 2.24) is 5.32 Å². The lowest BCUT2D eigenvalue weighted by Crippen LogP contribution is -2.46. The first-order valence-corrected chi connectivity index (χ1v) is 9.89. The van der Waals surface area contributed by atoms with Gasteiger partial charge in [0.05, 0.1) is 19.1 Å². The molecule has 2 fully saturated rings. The summed E-state index contributed by atoms with van der Waals surface area (Å²) in [5.41, 5.74) is 1.58. The summed E-state index contributed by atoms with van der Waals surface area (Å²) in [5.74, 6) is -0.321. The van der Waals surface area contributed by atoms with E-state index in [0.29, 0.717) is 17.9 Å². The molecule has 4 atom stereocenters. The normalized spacial score (nSPS) is 28.9. The van der Waals surface area contributed by atoms with Crippen LogP contribution >= 0.6 is 0 Å². The molecule has 2 heterocycles. The van der Waals surface area contributed by atoms with Crippen LogP contribution in [0.1, 0.15) is 50.0 Å². The maximum atomic E-state index is 12.3. The van der Waals surface area contributed by atoms with Crippen LogP contribution in [0.4, 0.5) is 10.5 Å². The van der Waals surface area contributed by atoms with Crippen LogP contribution < -0.4 is 15.4 Å².